The third kappa shape index (κ3) is 5.58. The first-order valence-corrected chi connectivity index (χ1v) is 18.0. The summed E-state index contributed by atoms with van der Waals surface area (Å²) >= 11 is 13.5. The Morgan fingerprint density at radius 1 is 1.06 bits per heavy atom. The molecule has 11 heteroatoms. The summed E-state index contributed by atoms with van der Waals surface area (Å²) in [5, 5.41) is 17.8. The minimum Gasteiger partial charge on any atom is -0.494 e. The van der Waals surface area contributed by atoms with Gasteiger partial charge >= 0.3 is 5.97 Å². The Morgan fingerprint density at radius 3 is 2.43 bits per heavy atom. The highest BCUT2D eigenvalue weighted by Crippen LogP contribution is 2.46. The van der Waals surface area contributed by atoms with Gasteiger partial charge in [-0.15, -0.1) is 0 Å². The van der Waals surface area contributed by atoms with Gasteiger partial charge < -0.3 is 23.9 Å². The highest BCUT2D eigenvalue weighted by Gasteiger charge is 2.38. The van der Waals surface area contributed by atoms with Gasteiger partial charge in [0.1, 0.15) is 11.4 Å². The summed E-state index contributed by atoms with van der Waals surface area (Å²) in [6.07, 6.45) is 2.88. The number of benzene rings is 3. The van der Waals surface area contributed by atoms with E-state index in [1.54, 1.807) is 11.1 Å². The number of aryl methyl sites for hydroxylation is 6. The summed E-state index contributed by atoms with van der Waals surface area (Å²) in [6, 6.07) is 13.3. The molecule has 0 aliphatic carbocycles. The summed E-state index contributed by atoms with van der Waals surface area (Å²) < 4.78 is 12.1. The van der Waals surface area contributed by atoms with E-state index in [0.29, 0.717) is 54.3 Å². The number of aromatic carboxylic acids is 1. The number of hydrogen-bond acceptors (Lipinski definition) is 4. The molecule has 0 saturated heterocycles. The van der Waals surface area contributed by atoms with Gasteiger partial charge in [-0.25, -0.2) is 4.79 Å². The lowest BCUT2D eigenvalue weighted by Gasteiger charge is -2.35. The summed E-state index contributed by atoms with van der Waals surface area (Å²) in [7, 11) is 1.92. The third-order valence-corrected chi connectivity index (χ3v) is 11.2. The Morgan fingerprint density at radius 2 is 1.78 bits per heavy atom. The molecule has 264 valence electrons. The fourth-order valence-electron chi connectivity index (χ4n) is 7.92. The number of carbonyl (C=O) groups excluding carboxylic acids is 1. The van der Waals surface area contributed by atoms with Gasteiger partial charge in [0.2, 0.25) is 0 Å². The molecule has 1 atom stereocenters. The number of ether oxygens (including phenoxy) is 1. The van der Waals surface area contributed by atoms with Crippen molar-refractivity contribution in [2.75, 3.05) is 18.1 Å². The first-order valence-electron chi connectivity index (χ1n) is 17.3. The number of aromatic nitrogens is 4. The maximum Gasteiger partial charge on any atom is 0.337 e. The maximum absolute atomic E-state index is 15.0. The first-order chi connectivity index (χ1) is 24.3. The van der Waals surface area contributed by atoms with Gasteiger partial charge in [-0.1, -0.05) is 35.3 Å². The van der Waals surface area contributed by atoms with E-state index >= 15 is 4.79 Å². The Balaban J connectivity index is 1.39. The molecule has 4 heterocycles. The topological polar surface area (TPSA) is 94.5 Å². The fraction of sp³-hybridized carbons (Fsp3) is 0.325. The summed E-state index contributed by atoms with van der Waals surface area (Å²) in [5.41, 5.74) is 9.49. The number of hydrogen-bond donors (Lipinski definition) is 1. The number of amides is 1. The van der Waals surface area contributed by atoms with Crippen molar-refractivity contribution in [3.8, 4) is 16.9 Å². The van der Waals surface area contributed by atoms with Gasteiger partial charge in [0.15, 0.2) is 0 Å². The van der Waals surface area contributed by atoms with E-state index in [4.69, 9.17) is 33.0 Å². The van der Waals surface area contributed by atoms with Crippen LogP contribution in [-0.4, -0.2) is 49.0 Å². The number of nitrogens with zero attached hydrogens (tertiary/aromatic N) is 5. The minimum absolute atomic E-state index is 0.170. The zero-order chi connectivity index (χ0) is 36.5. The average Bonchev–Trinajstić information content (AvgIpc) is 3.72. The van der Waals surface area contributed by atoms with Crippen LogP contribution >= 0.6 is 23.2 Å². The zero-order valence-corrected chi connectivity index (χ0v) is 31.4. The van der Waals surface area contributed by atoms with Crippen molar-refractivity contribution in [1.29, 1.82) is 0 Å². The molecular weight excluding hydrogens is 685 g/mol. The summed E-state index contributed by atoms with van der Waals surface area (Å²) in [6.45, 7) is 13.4. The Bertz CT molecular complexity index is 2380. The molecular formula is C40H41Cl2N5O4. The Labute approximate surface area is 306 Å². The van der Waals surface area contributed by atoms with Gasteiger partial charge in [-0.3, -0.25) is 9.48 Å². The molecule has 1 amide bonds. The first kappa shape index (κ1) is 34.7. The molecule has 0 bridgehead atoms. The minimum atomic E-state index is -1.03. The van der Waals surface area contributed by atoms with Crippen LogP contribution in [0.1, 0.15) is 75.2 Å². The molecule has 1 N–H and O–H groups in total. The normalized spacial score (nSPS) is 14.6. The SMILES string of the molecule is CCn1cc(C(=O)O)c2c(N3C[C@@H](C)n4c(c(CCCOc5cc(C)c(Cl)c(C)c5)c5ccc(Cl)c(-c6c(C)nn(C)c6C)c54)C3=O)cccc21. The molecule has 3 aromatic heterocycles. The van der Waals surface area contributed by atoms with Crippen molar-refractivity contribution in [3.63, 3.8) is 0 Å². The highest BCUT2D eigenvalue weighted by atomic mass is 35.5. The second-order valence-electron chi connectivity index (χ2n) is 13.6. The lowest BCUT2D eigenvalue weighted by Crippen LogP contribution is -2.42. The van der Waals surface area contributed by atoms with Crippen LogP contribution in [0.3, 0.4) is 0 Å². The van der Waals surface area contributed by atoms with E-state index in [1.807, 2.05) is 93.4 Å². The van der Waals surface area contributed by atoms with E-state index in [9.17, 15) is 9.90 Å². The smallest absolute Gasteiger partial charge is 0.337 e. The average molecular weight is 727 g/mol. The van der Waals surface area contributed by atoms with Crippen molar-refractivity contribution in [1.82, 2.24) is 18.9 Å². The molecule has 0 spiro atoms. The molecule has 51 heavy (non-hydrogen) atoms. The lowest BCUT2D eigenvalue weighted by molar-refractivity contribution is 0.0698. The zero-order valence-electron chi connectivity index (χ0n) is 29.9. The number of carboxylic acids is 1. The molecule has 0 unspecified atom stereocenters. The second-order valence-corrected chi connectivity index (χ2v) is 14.4. The van der Waals surface area contributed by atoms with Crippen LogP contribution in [0.25, 0.3) is 32.9 Å². The molecule has 0 saturated carbocycles. The van der Waals surface area contributed by atoms with Crippen molar-refractivity contribution in [2.24, 2.45) is 7.05 Å². The molecule has 6 aromatic rings. The summed E-state index contributed by atoms with van der Waals surface area (Å²) in [4.78, 5) is 29.3. The third-order valence-electron chi connectivity index (χ3n) is 10.3. The van der Waals surface area contributed by atoms with Gasteiger partial charge in [0.05, 0.1) is 39.6 Å². The molecule has 1 aliphatic rings. The molecule has 7 rings (SSSR count). The van der Waals surface area contributed by atoms with Crippen LogP contribution in [0, 0.1) is 27.7 Å². The van der Waals surface area contributed by atoms with Crippen molar-refractivity contribution in [3.05, 3.63) is 98.0 Å². The van der Waals surface area contributed by atoms with Crippen molar-refractivity contribution < 1.29 is 19.4 Å². The van der Waals surface area contributed by atoms with Crippen LogP contribution in [0.15, 0.2) is 48.7 Å². The van der Waals surface area contributed by atoms with Crippen LogP contribution in [0.4, 0.5) is 5.69 Å². The van der Waals surface area contributed by atoms with Gasteiger partial charge in [0, 0.05) is 65.0 Å². The number of fused-ring (bicyclic) bond motifs is 4. The number of carboxylic acid groups (broad SMARTS) is 1. The van der Waals surface area contributed by atoms with Crippen molar-refractivity contribution in [2.45, 2.75) is 67.0 Å². The van der Waals surface area contributed by atoms with E-state index in [-0.39, 0.29) is 17.5 Å². The van der Waals surface area contributed by atoms with Crippen LogP contribution < -0.4 is 9.64 Å². The lowest BCUT2D eigenvalue weighted by atomic mass is 9.98. The monoisotopic (exact) mass is 725 g/mol. The maximum atomic E-state index is 15.0. The standard InChI is InChI=1S/C40H41Cl2N5O4/c1-8-45-20-29(40(49)50)34-31(45)12-9-13-32(34)46-19-23(4)47-37-28(14-15-30(41)35(37)33-24(5)43-44(7)25(33)6)27(38(47)39(46)48)11-10-16-51-26-17-21(2)36(42)22(3)18-26/h9,12-15,17-18,20,23H,8,10-11,16,19H2,1-7H3,(H,49,50)/t23-/m1/s1. The number of carbonyl (C=O) groups is 2. The van der Waals surface area contributed by atoms with Gasteiger partial charge in [0.25, 0.3) is 5.91 Å². The Hall–Kier alpha value is -4.73. The second kappa shape index (κ2) is 13.1. The largest absolute Gasteiger partial charge is 0.494 e. The van der Waals surface area contributed by atoms with Crippen LogP contribution in [0.5, 0.6) is 5.75 Å². The number of halogens is 2. The van der Waals surface area contributed by atoms with Crippen LogP contribution in [-0.2, 0) is 20.0 Å². The Kier molecular flexibility index (Phi) is 8.92. The van der Waals surface area contributed by atoms with E-state index in [1.165, 1.54) is 0 Å². The predicted molar refractivity (Wildman–Crippen MR) is 204 cm³/mol. The predicted octanol–water partition coefficient (Wildman–Crippen LogP) is 9.49. The quantitative estimate of drug-likeness (QED) is 0.150. The molecule has 0 radical (unpaired) electrons. The molecule has 9 nitrogen and oxygen atoms in total. The molecule has 3 aromatic carbocycles. The molecule has 0 fully saturated rings. The fourth-order valence-corrected chi connectivity index (χ4v) is 8.28. The van der Waals surface area contributed by atoms with Crippen molar-refractivity contribution >= 4 is 62.6 Å². The van der Waals surface area contributed by atoms with Crippen LogP contribution in [0.2, 0.25) is 10.0 Å². The van der Waals surface area contributed by atoms with Gasteiger partial charge in [-0.05, 0) is 101 Å². The highest BCUT2D eigenvalue weighted by molar-refractivity contribution is 6.35. The number of rotatable bonds is 9. The van der Waals surface area contributed by atoms with E-state index in [2.05, 4.69) is 11.5 Å². The van der Waals surface area contributed by atoms with E-state index < -0.39 is 5.97 Å². The number of anilines is 1. The van der Waals surface area contributed by atoms with E-state index in [0.717, 1.165) is 66.4 Å². The van der Waals surface area contributed by atoms with Gasteiger partial charge in [-0.2, -0.15) is 5.10 Å². The summed E-state index contributed by atoms with van der Waals surface area (Å²) in [5.74, 6) is -0.453. The molecule has 1 aliphatic heterocycles.